The van der Waals surface area contributed by atoms with Crippen molar-refractivity contribution in [1.29, 1.82) is 0 Å². The van der Waals surface area contributed by atoms with Crippen LogP contribution in [0.3, 0.4) is 0 Å². The van der Waals surface area contributed by atoms with Crippen LogP contribution in [0.2, 0.25) is 0 Å². The van der Waals surface area contributed by atoms with E-state index in [-0.39, 0.29) is 13.2 Å². The van der Waals surface area contributed by atoms with Crippen LogP contribution < -0.4 is 0 Å². The van der Waals surface area contributed by atoms with E-state index in [1.807, 2.05) is 20.8 Å². The number of nitrogens with zero attached hydrogens (tertiary/aromatic N) is 1. The zero-order valence-corrected chi connectivity index (χ0v) is 12.1. The minimum absolute atomic E-state index is 0.168. The van der Waals surface area contributed by atoms with Gasteiger partial charge in [-0.05, 0) is 20.8 Å². The maximum absolute atomic E-state index is 11.6. The van der Waals surface area contributed by atoms with Gasteiger partial charge in [-0.1, -0.05) is 6.58 Å². The Kier molecular flexibility index (Phi) is 7.83. The van der Waals surface area contributed by atoms with Gasteiger partial charge in [-0.15, -0.1) is 0 Å². The van der Waals surface area contributed by atoms with Gasteiger partial charge in [-0.25, -0.2) is 9.59 Å². The third kappa shape index (κ3) is 10.1. The quantitative estimate of drug-likeness (QED) is 0.400. The lowest BCUT2D eigenvalue weighted by atomic mass is 10.2. The molecule has 0 aliphatic carbocycles. The van der Waals surface area contributed by atoms with Crippen molar-refractivity contribution in [3.8, 4) is 0 Å². The average molecular weight is 273 g/mol. The Morgan fingerprint density at radius 3 is 2.37 bits per heavy atom. The number of hydrogen-bond acceptors (Lipinski definition) is 5. The molecular formula is C13H23NO5. The summed E-state index contributed by atoms with van der Waals surface area (Å²) in [7, 11) is 1.63. The van der Waals surface area contributed by atoms with Gasteiger partial charge in [0.25, 0.3) is 0 Å². The predicted octanol–water partition coefficient (Wildman–Crippen LogP) is 1.60. The van der Waals surface area contributed by atoms with Crippen LogP contribution in [0.1, 0.15) is 20.8 Å². The van der Waals surface area contributed by atoms with Gasteiger partial charge in [-0.2, -0.15) is 0 Å². The second-order valence-corrected chi connectivity index (χ2v) is 4.89. The van der Waals surface area contributed by atoms with Crippen molar-refractivity contribution >= 4 is 12.1 Å². The molecule has 0 atom stereocenters. The zero-order chi connectivity index (χ0) is 14.9. The lowest BCUT2D eigenvalue weighted by Gasteiger charge is -2.24. The highest BCUT2D eigenvalue weighted by Crippen LogP contribution is 2.08. The van der Waals surface area contributed by atoms with Crippen molar-refractivity contribution in [1.82, 2.24) is 4.90 Å². The summed E-state index contributed by atoms with van der Waals surface area (Å²) in [6, 6.07) is 0. The Hall–Kier alpha value is -1.56. The second-order valence-electron chi connectivity index (χ2n) is 4.89. The third-order valence-electron chi connectivity index (χ3n) is 1.91. The fourth-order valence-corrected chi connectivity index (χ4v) is 0.995. The van der Waals surface area contributed by atoms with E-state index in [2.05, 4.69) is 6.58 Å². The SMILES string of the molecule is C=CC(=O)OCCOCCN(C)C(=O)OC(C)(C)C. The molecule has 0 aromatic carbocycles. The van der Waals surface area contributed by atoms with Crippen LogP contribution in [0, 0.1) is 0 Å². The standard InChI is InChI=1S/C13H23NO5/c1-6-11(15)18-10-9-17-8-7-14(5)12(16)19-13(2,3)4/h6H,1,7-10H2,2-5H3. The average Bonchev–Trinajstić information content (AvgIpc) is 2.30. The molecule has 110 valence electrons. The summed E-state index contributed by atoms with van der Waals surface area (Å²) in [5, 5.41) is 0. The number of carbonyl (C=O) groups is 2. The second kappa shape index (κ2) is 8.53. The van der Waals surface area contributed by atoms with Crippen LogP contribution in [0.15, 0.2) is 12.7 Å². The van der Waals surface area contributed by atoms with E-state index in [0.29, 0.717) is 13.2 Å². The molecule has 0 spiro atoms. The fourth-order valence-electron chi connectivity index (χ4n) is 0.995. The van der Waals surface area contributed by atoms with Crippen molar-refractivity contribution in [2.24, 2.45) is 0 Å². The van der Waals surface area contributed by atoms with Crippen LogP contribution in [-0.4, -0.2) is 56.0 Å². The van der Waals surface area contributed by atoms with Gasteiger partial charge in [0.15, 0.2) is 0 Å². The first-order valence-electron chi connectivity index (χ1n) is 6.07. The fraction of sp³-hybridized carbons (Fsp3) is 0.692. The van der Waals surface area contributed by atoms with Crippen LogP contribution in [0.25, 0.3) is 0 Å². The molecule has 0 unspecified atom stereocenters. The summed E-state index contributed by atoms with van der Waals surface area (Å²) in [6.07, 6.45) is 0.699. The predicted molar refractivity (Wildman–Crippen MR) is 70.8 cm³/mol. The first-order chi connectivity index (χ1) is 8.76. The minimum atomic E-state index is -0.509. The molecule has 0 aromatic heterocycles. The molecule has 0 fully saturated rings. The monoisotopic (exact) mass is 273 g/mol. The smallest absolute Gasteiger partial charge is 0.410 e. The zero-order valence-electron chi connectivity index (χ0n) is 12.1. The van der Waals surface area contributed by atoms with Gasteiger partial charge in [0.1, 0.15) is 12.2 Å². The minimum Gasteiger partial charge on any atom is -0.460 e. The molecule has 1 amide bonds. The summed E-state index contributed by atoms with van der Waals surface area (Å²) in [5.41, 5.74) is -0.509. The summed E-state index contributed by atoms with van der Waals surface area (Å²) in [6.45, 7) is 9.90. The largest absolute Gasteiger partial charge is 0.460 e. The molecule has 19 heavy (non-hydrogen) atoms. The van der Waals surface area contributed by atoms with E-state index in [4.69, 9.17) is 14.2 Å². The van der Waals surface area contributed by atoms with Gasteiger partial charge >= 0.3 is 12.1 Å². The highest BCUT2D eigenvalue weighted by Gasteiger charge is 2.19. The van der Waals surface area contributed by atoms with Crippen molar-refractivity contribution in [3.63, 3.8) is 0 Å². The van der Waals surface area contributed by atoms with Crippen LogP contribution >= 0.6 is 0 Å². The normalized spacial score (nSPS) is 10.7. The Balaban J connectivity index is 3.63. The van der Waals surface area contributed by atoms with E-state index < -0.39 is 17.7 Å². The molecule has 0 bridgehead atoms. The molecule has 6 nitrogen and oxygen atoms in total. The van der Waals surface area contributed by atoms with Crippen LogP contribution in [0.4, 0.5) is 4.79 Å². The van der Waals surface area contributed by atoms with Crippen molar-refractivity contribution in [2.45, 2.75) is 26.4 Å². The lowest BCUT2D eigenvalue weighted by molar-refractivity contribution is -0.139. The molecule has 0 saturated heterocycles. The molecule has 0 saturated carbocycles. The molecule has 0 aliphatic heterocycles. The summed E-state index contributed by atoms with van der Waals surface area (Å²) in [5.74, 6) is -0.477. The maximum atomic E-state index is 11.6. The van der Waals surface area contributed by atoms with Crippen LogP contribution in [-0.2, 0) is 19.0 Å². The van der Waals surface area contributed by atoms with E-state index in [0.717, 1.165) is 6.08 Å². The molecule has 0 heterocycles. The number of rotatable bonds is 7. The number of ether oxygens (including phenoxy) is 3. The number of amides is 1. The molecular weight excluding hydrogens is 250 g/mol. The topological polar surface area (TPSA) is 65.1 Å². The van der Waals surface area contributed by atoms with E-state index >= 15 is 0 Å². The van der Waals surface area contributed by atoms with Gasteiger partial charge in [0.05, 0.1) is 13.2 Å². The highest BCUT2D eigenvalue weighted by molar-refractivity contribution is 5.81. The van der Waals surface area contributed by atoms with Crippen LogP contribution in [0.5, 0.6) is 0 Å². The molecule has 6 heteroatoms. The first-order valence-corrected chi connectivity index (χ1v) is 6.07. The third-order valence-corrected chi connectivity index (χ3v) is 1.91. The molecule has 0 N–H and O–H groups in total. The lowest BCUT2D eigenvalue weighted by Crippen LogP contribution is -2.36. The summed E-state index contributed by atoms with van der Waals surface area (Å²) in [4.78, 5) is 23.7. The number of likely N-dealkylation sites (N-methyl/N-ethyl adjacent to an activating group) is 1. The number of esters is 1. The van der Waals surface area contributed by atoms with E-state index in [9.17, 15) is 9.59 Å². The Bertz CT molecular complexity index is 309. The molecule has 0 aliphatic rings. The number of carbonyl (C=O) groups excluding carboxylic acids is 2. The Labute approximate surface area is 114 Å². The van der Waals surface area contributed by atoms with E-state index in [1.54, 1.807) is 7.05 Å². The molecule has 0 rings (SSSR count). The Morgan fingerprint density at radius 1 is 1.21 bits per heavy atom. The van der Waals surface area contributed by atoms with Crippen molar-refractivity contribution in [2.75, 3.05) is 33.4 Å². The number of hydrogen-bond donors (Lipinski definition) is 0. The highest BCUT2D eigenvalue weighted by atomic mass is 16.6. The van der Waals surface area contributed by atoms with Gasteiger partial charge in [0, 0.05) is 19.7 Å². The summed E-state index contributed by atoms with van der Waals surface area (Å²) < 4.78 is 15.1. The first kappa shape index (κ1) is 17.4. The van der Waals surface area contributed by atoms with Gasteiger partial charge < -0.3 is 19.1 Å². The van der Waals surface area contributed by atoms with Crippen molar-refractivity contribution < 1.29 is 23.8 Å². The molecule has 0 aromatic rings. The van der Waals surface area contributed by atoms with Gasteiger partial charge in [0.2, 0.25) is 0 Å². The van der Waals surface area contributed by atoms with E-state index in [1.165, 1.54) is 4.90 Å². The molecule has 0 radical (unpaired) electrons. The van der Waals surface area contributed by atoms with Crippen molar-refractivity contribution in [3.05, 3.63) is 12.7 Å². The maximum Gasteiger partial charge on any atom is 0.410 e. The summed E-state index contributed by atoms with van der Waals surface area (Å²) >= 11 is 0. The Morgan fingerprint density at radius 2 is 1.84 bits per heavy atom. The van der Waals surface area contributed by atoms with Gasteiger partial charge in [-0.3, -0.25) is 0 Å².